The van der Waals surface area contributed by atoms with Crippen molar-refractivity contribution in [2.24, 2.45) is 0 Å². The molecule has 5 heteroatoms. The molecule has 0 N–H and O–H groups in total. The van der Waals surface area contributed by atoms with Crippen molar-refractivity contribution in [2.75, 3.05) is 0 Å². The van der Waals surface area contributed by atoms with Crippen LogP contribution in [-0.2, 0) is 6.18 Å². The fraction of sp³-hybridized carbons (Fsp3) is 0.133. The Morgan fingerprint density at radius 2 is 1.70 bits per heavy atom. The molecular weight excluding hydrogens is 285 g/mol. The van der Waals surface area contributed by atoms with E-state index in [0.717, 1.165) is 17.7 Å². The number of benzene rings is 2. The Balaban J connectivity index is 2.16. The monoisotopic (exact) mass is 294 g/mol. The molecule has 0 fully saturated rings. The van der Waals surface area contributed by atoms with Gasteiger partial charge in [0.15, 0.2) is 0 Å². The summed E-state index contributed by atoms with van der Waals surface area (Å²) >= 11 is 5.00. The van der Waals surface area contributed by atoms with Crippen molar-refractivity contribution >= 4 is 17.6 Å². The quantitative estimate of drug-likeness (QED) is 0.689. The van der Waals surface area contributed by atoms with Crippen LogP contribution < -0.4 is 4.74 Å². The number of rotatable bonds is 1. The van der Waals surface area contributed by atoms with E-state index in [1.165, 1.54) is 11.4 Å². The van der Waals surface area contributed by atoms with Crippen LogP contribution in [0.15, 0.2) is 42.5 Å². The van der Waals surface area contributed by atoms with E-state index in [4.69, 9.17) is 17.0 Å². The highest BCUT2D eigenvalue weighted by Gasteiger charge is 2.33. The highest BCUT2D eigenvalue weighted by Crippen LogP contribution is 2.45. The Hall–Kier alpha value is -1.88. The zero-order valence-electron chi connectivity index (χ0n) is 10.1. The van der Waals surface area contributed by atoms with Crippen LogP contribution in [-0.4, -0.2) is 5.37 Å². The van der Waals surface area contributed by atoms with Crippen molar-refractivity contribution in [3.8, 4) is 11.5 Å². The minimum absolute atomic E-state index is 0.368. The molecule has 2 aromatic carbocycles. The van der Waals surface area contributed by atoms with Crippen molar-refractivity contribution in [1.82, 2.24) is 0 Å². The molecule has 2 aromatic rings. The molecule has 1 aliphatic rings. The lowest BCUT2D eigenvalue weighted by atomic mass is 9.88. The van der Waals surface area contributed by atoms with E-state index in [0.29, 0.717) is 17.1 Å². The summed E-state index contributed by atoms with van der Waals surface area (Å²) in [5.41, 5.74) is 0.545. The number of hydrogen-bond acceptors (Lipinski definition) is 2. The number of thiocarbonyl (C=S) groups is 1. The number of hydrogen-bond donors (Lipinski definition) is 0. The first kappa shape index (κ1) is 13.1. The minimum Gasteiger partial charge on any atom is -0.457 e. The van der Waals surface area contributed by atoms with E-state index < -0.39 is 11.7 Å². The van der Waals surface area contributed by atoms with Gasteiger partial charge in [0.05, 0.1) is 5.56 Å². The number of ether oxygens (including phenoxy) is 1. The van der Waals surface area contributed by atoms with Crippen LogP contribution in [0.25, 0.3) is 0 Å². The molecule has 0 aliphatic carbocycles. The van der Waals surface area contributed by atoms with Crippen molar-refractivity contribution in [3.05, 3.63) is 59.2 Å². The Labute approximate surface area is 119 Å². The van der Waals surface area contributed by atoms with E-state index in [1.807, 2.05) is 18.2 Å². The maximum atomic E-state index is 12.8. The summed E-state index contributed by atoms with van der Waals surface area (Å²) in [5.74, 6) is 0.681. The smallest absolute Gasteiger partial charge is 0.416 e. The van der Waals surface area contributed by atoms with E-state index in [9.17, 15) is 13.2 Å². The third kappa shape index (κ3) is 2.08. The molecule has 1 aliphatic heterocycles. The second kappa shape index (κ2) is 4.59. The summed E-state index contributed by atoms with van der Waals surface area (Å²) < 4.78 is 44.1. The number of alkyl halides is 3. The third-order valence-corrected chi connectivity index (χ3v) is 3.55. The zero-order chi connectivity index (χ0) is 14.3. The van der Waals surface area contributed by atoms with Gasteiger partial charge in [-0.3, -0.25) is 0 Å². The standard InChI is InChI=1S/C15H9F3OS/c16-15(17,18)9-5-6-14-11(7-9)12(8-20)10-3-1-2-4-13(10)19-14/h1-8,12H. The summed E-state index contributed by atoms with van der Waals surface area (Å²) in [4.78, 5) is 0. The Kier molecular flexibility index (Phi) is 3.01. The van der Waals surface area contributed by atoms with Crippen LogP contribution in [0.2, 0.25) is 0 Å². The highest BCUT2D eigenvalue weighted by molar-refractivity contribution is 7.79. The van der Waals surface area contributed by atoms with Crippen LogP contribution >= 0.6 is 12.2 Å². The normalized spacial score (nSPS) is 16.9. The van der Waals surface area contributed by atoms with Crippen LogP contribution in [0.4, 0.5) is 13.2 Å². The summed E-state index contributed by atoms with van der Waals surface area (Å²) in [6.45, 7) is 0. The SMILES string of the molecule is FC(F)(F)c1ccc2c(c1)C(C=S)c1ccccc1O2. The van der Waals surface area contributed by atoms with Gasteiger partial charge >= 0.3 is 6.18 Å². The maximum absolute atomic E-state index is 12.8. The van der Waals surface area contributed by atoms with Gasteiger partial charge in [-0.25, -0.2) is 0 Å². The number of fused-ring (bicyclic) bond motifs is 2. The molecule has 0 saturated carbocycles. The van der Waals surface area contributed by atoms with Gasteiger partial charge in [-0.2, -0.15) is 13.2 Å². The van der Waals surface area contributed by atoms with Gasteiger partial charge < -0.3 is 4.74 Å². The third-order valence-electron chi connectivity index (χ3n) is 3.28. The Morgan fingerprint density at radius 3 is 2.40 bits per heavy atom. The summed E-state index contributed by atoms with van der Waals surface area (Å²) in [7, 11) is 0. The topological polar surface area (TPSA) is 9.23 Å². The molecular formula is C15H9F3OS. The van der Waals surface area contributed by atoms with E-state index in [-0.39, 0.29) is 5.92 Å². The molecule has 1 nitrogen and oxygen atoms in total. The molecule has 0 saturated heterocycles. The molecule has 1 heterocycles. The molecule has 1 unspecified atom stereocenters. The van der Waals surface area contributed by atoms with Crippen LogP contribution in [0.5, 0.6) is 11.5 Å². The lowest BCUT2D eigenvalue weighted by Gasteiger charge is -2.26. The summed E-state index contributed by atoms with van der Waals surface area (Å²) in [6, 6.07) is 10.7. The average Bonchev–Trinajstić information content (AvgIpc) is 2.43. The Morgan fingerprint density at radius 1 is 1.00 bits per heavy atom. The van der Waals surface area contributed by atoms with E-state index in [2.05, 4.69) is 0 Å². The molecule has 20 heavy (non-hydrogen) atoms. The largest absolute Gasteiger partial charge is 0.457 e. The second-order valence-corrected chi connectivity index (χ2v) is 4.78. The Bertz CT molecular complexity index is 679. The molecule has 1 atom stereocenters. The fourth-order valence-electron chi connectivity index (χ4n) is 2.32. The minimum atomic E-state index is -4.38. The lowest BCUT2D eigenvalue weighted by Crippen LogP contribution is -2.13. The van der Waals surface area contributed by atoms with Gasteiger partial charge in [0, 0.05) is 17.0 Å². The van der Waals surface area contributed by atoms with Crippen molar-refractivity contribution in [3.63, 3.8) is 0 Å². The van der Waals surface area contributed by atoms with Crippen molar-refractivity contribution in [2.45, 2.75) is 12.1 Å². The first-order valence-electron chi connectivity index (χ1n) is 5.94. The average molecular weight is 294 g/mol. The van der Waals surface area contributed by atoms with Crippen molar-refractivity contribution in [1.29, 1.82) is 0 Å². The second-order valence-electron chi connectivity index (χ2n) is 4.50. The first-order valence-corrected chi connectivity index (χ1v) is 6.41. The molecule has 3 rings (SSSR count). The van der Waals surface area contributed by atoms with Gasteiger partial charge in [-0.1, -0.05) is 30.4 Å². The summed E-state index contributed by atoms with van der Waals surface area (Å²) in [5, 5.41) is 1.47. The van der Waals surface area contributed by atoms with E-state index >= 15 is 0 Å². The maximum Gasteiger partial charge on any atom is 0.416 e. The van der Waals surface area contributed by atoms with Crippen molar-refractivity contribution < 1.29 is 17.9 Å². The first-order chi connectivity index (χ1) is 9.50. The summed E-state index contributed by atoms with van der Waals surface area (Å²) in [6.07, 6.45) is -4.38. The highest BCUT2D eigenvalue weighted by atomic mass is 32.1. The molecule has 0 bridgehead atoms. The predicted molar refractivity (Wildman–Crippen MR) is 73.5 cm³/mol. The number of para-hydroxylation sites is 1. The van der Waals surface area contributed by atoms with Gasteiger partial charge in [0.2, 0.25) is 0 Å². The van der Waals surface area contributed by atoms with Crippen LogP contribution in [0, 0.1) is 0 Å². The molecule has 102 valence electrons. The van der Waals surface area contributed by atoms with Crippen LogP contribution in [0.3, 0.4) is 0 Å². The zero-order valence-corrected chi connectivity index (χ0v) is 11.0. The molecule has 0 spiro atoms. The molecule has 0 amide bonds. The van der Waals surface area contributed by atoms with Crippen LogP contribution in [0.1, 0.15) is 22.6 Å². The fourth-order valence-corrected chi connectivity index (χ4v) is 2.62. The van der Waals surface area contributed by atoms with Gasteiger partial charge in [-0.05, 0) is 29.6 Å². The molecule has 0 aromatic heterocycles. The lowest BCUT2D eigenvalue weighted by molar-refractivity contribution is -0.137. The number of halogens is 3. The van der Waals surface area contributed by atoms with Gasteiger partial charge in [0.25, 0.3) is 0 Å². The predicted octanol–water partition coefficient (Wildman–Crippen LogP) is 4.94. The van der Waals surface area contributed by atoms with Gasteiger partial charge in [0.1, 0.15) is 11.5 Å². The van der Waals surface area contributed by atoms with Gasteiger partial charge in [-0.15, -0.1) is 0 Å². The van der Waals surface area contributed by atoms with E-state index in [1.54, 1.807) is 6.07 Å². The molecule has 0 radical (unpaired) electrons.